The summed E-state index contributed by atoms with van der Waals surface area (Å²) in [4.78, 5) is 19.4. The molecule has 144 valence electrons. The Kier molecular flexibility index (Phi) is 4.86. The fraction of sp³-hybridized carbons (Fsp3) is 0.474. The largest absolute Gasteiger partial charge is 0.369 e. The number of nitrogens with two attached hydrogens (primary N) is 1. The molecule has 1 fully saturated rings. The standard InChI is InChI=1S/C19H22BrN3O3S/c1-3-18(25-7-8-26-18)15-10-13(11-27-15)19(12-5-4-6-14(20)9-12)16(24)23(2)17(21)22-19/h4-6,9,11,15H,3,7-8,10H2,1-2H3,(H2,21,22). The van der Waals surface area contributed by atoms with Gasteiger partial charge < -0.3 is 15.2 Å². The lowest BCUT2D eigenvalue weighted by atomic mass is 9.80. The van der Waals surface area contributed by atoms with Gasteiger partial charge in [0.25, 0.3) is 5.91 Å². The average molecular weight is 452 g/mol. The summed E-state index contributed by atoms with van der Waals surface area (Å²) >= 11 is 5.16. The van der Waals surface area contributed by atoms with E-state index in [-0.39, 0.29) is 17.1 Å². The monoisotopic (exact) mass is 451 g/mol. The van der Waals surface area contributed by atoms with Crippen LogP contribution < -0.4 is 5.73 Å². The van der Waals surface area contributed by atoms with Crippen molar-refractivity contribution in [2.45, 2.75) is 36.3 Å². The number of hydrogen-bond acceptors (Lipinski definition) is 6. The molecule has 3 aliphatic rings. The molecule has 0 aliphatic carbocycles. The third-order valence-corrected chi connectivity index (χ3v) is 7.25. The number of hydrogen-bond donors (Lipinski definition) is 1. The van der Waals surface area contributed by atoms with Gasteiger partial charge in [-0.1, -0.05) is 35.0 Å². The molecular formula is C19H22BrN3O3S. The van der Waals surface area contributed by atoms with Crippen molar-refractivity contribution in [1.82, 2.24) is 4.90 Å². The Morgan fingerprint density at radius 3 is 2.74 bits per heavy atom. The van der Waals surface area contributed by atoms with Crippen LogP contribution in [-0.2, 0) is 19.8 Å². The smallest absolute Gasteiger partial charge is 0.266 e. The molecule has 8 heteroatoms. The number of nitrogens with zero attached hydrogens (tertiary/aromatic N) is 2. The number of thioether (sulfide) groups is 1. The van der Waals surface area contributed by atoms with Gasteiger partial charge in [0.05, 0.1) is 18.5 Å². The van der Waals surface area contributed by atoms with Gasteiger partial charge in [-0.15, -0.1) is 11.8 Å². The van der Waals surface area contributed by atoms with Crippen LogP contribution in [0, 0.1) is 0 Å². The highest BCUT2D eigenvalue weighted by Crippen LogP contribution is 2.51. The Labute approximate surface area is 171 Å². The molecule has 0 saturated carbocycles. The molecule has 3 aliphatic heterocycles. The van der Waals surface area contributed by atoms with Gasteiger partial charge in [-0.25, -0.2) is 4.99 Å². The molecule has 3 heterocycles. The lowest BCUT2D eigenvalue weighted by Gasteiger charge is -2.33. The minimum atomic E-state index is -1.13. The summed E-state index contributed by atoms with van der Waals surface area (Å²) in [7, 11) is 1.66. The molecular weight excluding hydrogens is 430 g/mol. The third kappa shape index (κ3) is 2.85. The number of likely N-dealkylation sites (N-methyl/N-ethyl adjacent to an activating group) is 1. The van der Waals surface area contributed by atoms with Gasteiger partial charge in [0.2, 0.25) is 0 Å². The Bertz CT molecular complexity index is 837. The normalized spacial score (nSPS) is 30.0. The molecule has 6 nitrogen and oxygen atoms in total. The van der Waals surface area contributed by atoms with Crippen molar-refractivity contribution < 1.29 is 14.3 Å². The number of amides is 1. The van der Waals surface area contributed by atoms with Crippen LogP contribution in [0.1, 0.15) is 25.3 Å². The number of ether oxygens (including phenoxy) is 2. The summed E-state index contributed by atoms with van der Waals surface area (Å²) in [6, 6.07) is 7.70. The minimum absolute atomic E-state index is 0.0826. The number of guanidine groups is 1. The molecule has 2 unspecified atom stereocenters. The summed E-state index contributed by atoms with van der Waals surface area (Å²) < 4.78 is 12.8. The average Bonchev–Trinajstić information content (AvgIpc) is 3.38. The van der Waals surface area contributed by atoms with Crippen LogP contribution in [0.25, 0.3) is 0 Å². The first-order valence-corrected chi connectivity index (χ1v) is 10.7. The molecule has 1 aromatic rings. The number of halogens is 1. The van der Waals surface area contributed by atoms with Crippen molar-refractivity contribution >= 4 is 39.6 Å². The van der Waals surface area contributed by atoms with Crippen LogP contribution in [0.15, 0.2) is 44.7 Å². The topological polar surface area (TPSA) is 77.2 Å². The number of aliphatic imine (C=N–C) groups is 1. The van der Waals surface area contributed by atoms with E-state index in [0.29, 0.717) is 19.6 Å². The Morgan fingerprint density at radius 2 is 2.15 bits per heavy atom. The van der Waals surface area contributed by atoms with Crippen molar-refractivity contribution in [3.05, 3.63) is 45.3 Å². The SMILES string of the molecule is CCC1(C2CC(C3(c4cccc(Br)c4)N=C(N)N(C)C3=O)=CS2)OCCO1. The van der Waals surface area contributed by atoms with Crippen LogP contribution >= 0.6 is 27.7 Å². The van der Waals surface area contributed by atoms with Crippen molar-refractivity contribution in [2.24, 2.45) is 10.7 Å². The summed E-state index contributed by atoms with van der Waals surface area (Å²) in [6.07, 6.45) is 1.41. The van der Waals surface area contributed by atoms with E-state index < -0.39 is 11.3 Å². The van der Waals surface area contributed by atoms with E-state index in [4.69, 9.17) is 15.2 Å². The Hall–Kier alpha value is -1.35. The summed E-state index contributed by atoms with van der Waals surface area (Å²) in [5.41, 5.74) is 6.67. The van der Waals surface area contributed by atoms with E-state index >= 15 is 0 Å². The van der Waals surface area contributed by atoms with Crippen LogP contribution in [0.2, 0.25) is 0 Å². The zero-order valence-corrected chi connectivity index (χ0v) is 17.7. The van der Waals surface area contributed by atoms with Crippen molar-refractivity contribution in [3.63, 3.8) is 0 Å². The summed E-state index contributed by atoms with van der Waals surface area (Å²) in [6.45, 7) is 3.27. The van der Waals surface area contributed by atoms with Gasteiger partial charge in [0.15, 0.2) is 17.3 Å². The number of rotatable bonds is 4. The van der Waals surface area contributed by atoms with Crippen molar-refractivity contribution in [2.75, 3.05) is 20.3 Å². The van der Waals surface area contributed by atoms with Gasteiger partial charge in [0.1, 0.15) is 0 Å². The van der Waals surface area contributed by atoms with Gasteiger partial charge in [-0.05, 0) is 41.5 Å². The molecule has 1 aromatic carbocycles. The molecule has 2 atom stereocenters. The van der Waals surface area contributed by atoms with Gasteiger partial charge in [-0.2, -0.15) is 0 Å². The van der Waals surface area contributed by atoms with E-state index in [1.54, 1.807) is 18.8 Å². The Balaban J connectivity index is 1.75. The highest BCUT2D eigenvalue weighted by molar-refractivity contribution is 9.10. The molecule has 1 amide bonds. The molecule has 0 bridgehead atoms. The highest BCUT2D eigenvalue weighted by atomic mass is 79.9. The quantitative estimate of drug-likeness (QED) is 0.760. The Morgan fingerprint density at radius 1 is 1.41 bits per heavy atom. The highest BCUT2D eigenvalue weighted by Gasteiger charge is 2.55. The first kappa shape index (κ1) is 19.0. The first-order chi connectivity index (χ1) is 12.9. The van der Waals surface area contributed by atoms with Crippen LogP contribution in [0.5, 0.6) is 0 Å². The maximum atomic E-state index is 13.3. The maximum absolute atomic E-state index is 13.3. The molecule has 4 rings (SSSR count). The molecule has 1 saturated heterocycles. The molecule has 0 aromatic heterocycles. The fourth-order valence-electron chi connectivity index (χ4n) is 3.98. The molecule has 27 heavy (non-hydrogen) atoms. The summed E-state index contributed by atoms with van der Waals surface area (Å²) in [5, 5.41) is 2.13. The first-order valence-electron chi connectivity index (χ1n) is 8.95. The van der Waals surface area contributed by atoms with E-state index in [9.17, 15) is 4.79 Å². The van der Waals surface area contributed by atoms with Gasteiger partial charge in [-0.3, -0.25) is 9.69 Å². The second-order valence-electron chi connectivity index (χ2n) is 6.89. The van der Waals surface area contributed by atoms with E-state index in [2.05, 4.69) is 27.8 Å². The lowest BCUT2D eigenvalue weighted by molar-refractivity contribution is -0.158. The van der Waals surface area contributed by atoms with Crippen LogP contribution in [0.3, 0.4) is 0 Å². The molecule has 0 radical (unpaired) electrons. The zero-order valence-electron chi connectivity index (χ0n) is 15.3. The van der Waals surface area contributed by atoms with Gasteiger partial charge >= 0.3 is 0 Å². The predicted molar refractivity (Wildman–Crippen MR) is 109 cm³/mol. The van der Waals surface area contributed by atoms with Crippen LogP contribution in [0.4, 0.5) is 0 Å². The predicted octanol–water partition coefficient (Wildman–Crippen LogP) is 2.97. The number of benzene rings is 1. The van der Waals surface area contributed by atoms with Gasteiger partial charge in [0, 0.05) is 11.5 Å². The zero-order chi connectivity index (χ0) is 19.2. The third-order valence-electron chi connectivity index (χ3n) is 5.49. The number of carbonyl (C=O) groups excluding carboxylic acids is 1. The molecule has 2 N–H and O–H groups in total. The second kappa shape index (κ2) is 6.92. The van der Waals surface area contributed by atoms with Crippen molar-refractivity contribution in [3.8, 4) is 0 Å². The van der Waals surface area contributed by atoms with E-state index in [1.807, 2.05) is 29.7 Å². The van der Waals surface area contributed by atoms with Crippen molar-refractivity contribution in [1.29, 1.82) is 0 Å². The van der Waals surface area contributed by atoms with E-state index in [0.717, 1.165) is 22.0 Å². The minimum Gasteiger partial charge on any atom is -0.369 e. The van der Waals surface area contributed by atoms with Crippen LogP contribution in [-0.4, -0.2) is 48.1 Å². The molecule has 0 spiro atoms. The summed E-state index contributed by atoms with van der Waals surface area (Å²) in [5.74, 6) is -0.512. The fourth-order valence-corrected chi connectivity index (χ4v) is 5.76. The second-order valence-corrected chi connectivity index (χ2v) is 8.88. The van der Waals surface area contributed by atoms with E-state index in [1.165, 1.54) is 4.90 Å². The number of carbonyl (C=O) groups is 1. The maximum Gasteiger partial charge on any atom is 0.266 e. The lowest BCUT2D eigenvalue weighted by Crippen LogP contribution is -2.43.